The summed E-state index contributed by atoms with van der Waals surface area (Å²) in [6.45, 7) is 2.00. The number of benzene rings is 3. The second kappa shape index (κ2) is 11.2. The van der Waals surface area contributed by atoms with Crippen molar-refractivity contribution >= 4 is 17.4 Å². The van der Waals surface area contributed by atoms with Gasteiger partial charge in [0.25, 0.3) is 5.91 Å². The SMILES string of the molecule is COc1ccc(NC(=O)C2=C(C)NC3=C(C(=O)C[C@@H](c4ccc(OC)c(OC)c4)C3)[C@@H]2c2ccc3c(c2)OCO3)cc1. The summed E-state index contributed by atoms with van der Waals surface area (Å²) in [4.78, 5) is 27.9. The molecule has 3 aliphatic rings. The van der Waals surface area contributed by atoms with Gasteiger partial charge in [-0.2, -0.15) is 0 Å². The first kappa shape index (κ1) is 27.3. The number of carbonyl (C=O) groups excluding carboxylic acids is 2. The normalized spacial score (nSPS) is 19.2. The number of Topliss-reactive ketones (excluding diaryl/α,β-unsaturated/α-hetero) is 1. The van der Waals surface area contributed by atoms with Gasteiger partial charge in [0, 0.05) is 40.6 Å². The van der Waals surface area contributed by atoms with Gasteiger partial charge in [0.2, 0.25) is 6.79 Å². The minimum atomic E-state index is -0.590. The number of hydrogen-bond donors (Lipinski definition) is 2. The number of anilines is 1. The number of hydrogen-bond acceptors (Lipinski definition) is 8. The summed E-state index contributed by atoms with van der Waals surface area (Å²) >= 11 is 0. The molecule has 42 heavy (non-hydrogen) atoms. The molecule has 2 atom stereocenters. The molecule has 1 aliphatic carbocycles. The van der Waals surface area contributed by atoms with Crippen molar-refractivity contribution in [1.82, 2.24) is 5.32 Å². The van der Waals surface area contributed by atoms with Crippen molar-refractivity contribution in [3.05, 3.63) is 94.3 Å². The van der Waals surface area contributed by atoms with Crippen molar-refractivity contribution in [2.45, 2.75) is 31.6 Å². The largest absolute Gasteiger partial charge is 0.497 e. The first-order valence-corrected chi connectivity index (χ1v) is 13.7. The molecule has 0 saturated carbocycles. The Balaban J connectivity index is 1.39. The van der Waals surface area contributed by atoms with E-state index in [2.05, 4.69) is 10.6 Å². The maximum Gasteiger partial charge on any atom is 0.254 e. The van der Waals surface area contributed by atoms with Gasteiger partial charge in [-0.25, -0.2) is 0 Å². The fourth-order valence-electron chi connectivity index (χ4n) is 5.98. The Morgan fingerprint density at radius 1 is 0.857 bits per heavy atom. The molecule has 2 N–H and O–H groups in total. The molecule has 3 aromatic rings. The smallest absolute Gasteiger partial charge is 0.254 e. The Morgan fingerprint density at radius 2 is 1.60 bits per heavy atom. The maximum atomic E-state index is 14.0. The predicted molar refractivity (Wildman–Crippen MR) is 156 cm³/mol. The number of dihydropyridines is 1. The van der Waals surface area contributed by atoms with Crippen molar-refractivity contribution in [2.24, 2.45) is 0 Å². The van der Waals surface area contributed by atoms with Gasteiger partial charge in [0.15, 0.2) is 28.8 Å². The first-order valence-electron chi connectivity index (χ1n) is 13.7. The molecule has 216 valence electrons. The minimum Gasteiger partial charge on any atom is -0.497 e. The standard InChI is InChI=1S/C33H32N2O7/c1-18-30(33(37)35-22-7-9-23(38-2)10-8-22)31(20-6-12-27-29(16-20)42-17-41-27)32-24(34-18)13-21(14-25(32)36)19-5-11-26(39-3)28(15-19)40-4/h5-12,15-16,21,31,34H,13-14,17H2,1-4H3,(H,35,37)/t21-,31+/m0/s1. The number of carbonyl (C=O) groups is 2. The predicted octanol–water partition coefficient (Wildman–Crippen LogP) is 5.44. The molecular formula is C33H32N2O7. The first-order chi connectivity index (χ1) is 20.4. The number of nitrogens with one attached hydrogen (secondary N) is 2. The van der Waals surface area contributed by atoms with Crippen LogP contribution in [0.5, 0.6) is 28.7 Å². The fourth-order valence-corrected chi connectivity index (χ4v) is 5.98. The maximum absolute atomic E-state index is 14.0. The number of ether oxygens (including phenoxy) is 5. The summed E-state index contributed by atoms with van der Waals surface area (Å²) in [5, 5.41) is 6.44. The molecule has 3 aromatic carbocycles. The number of rotatable bonds is 7. The summed E-state index contributed by atoms with van der Waals surface area (Å²) in [5.41, 5.74) is 4.95. The van der Waals surface area contributed by atoms with Gasteiger partial charge in [-0.1, -0.05) is 12.1 Å². The Bertz CT molecular complexity index is 1620. The van der Waals surface area contributed by atoms with E-state index in [1.54, 1.807) is 45.6 Å². The van der Waals surface area contributed by atoms with Crippen LogP contribution in [0.1, 0.15) is 42.7 Å². The van der Waals surface area contributed by atoms with Gasteiger partial charge in [-0.3, -0.25) is 9.59 Å². The molecule has 6 rings (SSSR count). The Labute approximate surface area is 244 Å². The summed E-state index contributed by atoms with van der Waals surface area (Å²) in [5.74, 6) is 2.19. The van der Waals surface area contributed by atoms with E-state index in [-0.39, 0.29) is 24.4 Å². The third-order valence-corrected chi connectivity index (χ3v) is 8.03. The Hall–Kier alpha value is -4.92. The highest BCUT2D eigenvalue weighted by Gasteiger charge is 2.41. The number of fused-ring (bicyclic) bond motifs is 1. The van der Waals surface area contributed by atoms with E-state index in [4.69, 9.17) is 23.7 Å². The topological polar surface area (TPSA) is 104 Å². The average Bonchev–Trinajstić information content (AvgIpc) is 3.48. The van der Waals surface area contributed by atoms with Crippen molar-refractivity contribution in [3.8, 4) is 28.7 Å². The molecule has 0 spiro atoms. The van der Waals surface area contributed by atoms with E-state index in [1.165, 1.54) is 0 Å². The lowest BCUT2D eigenvalue weighted by Crippen LogP contribution is -2.37. The second-order valence-corrected chi connectivity index (χ2v) is 10.4. The highest BCUT2D eigenvalue weighted by atomic mass is 16.7. The van der Waals surface area contributed by atoms with E-state index in [0.29, 0.717) is 64.1 Å². The number of methoxy groups -OCH3 is 3. The lowest BCUT2D eigenvalue weighted by atomic mass is 9.71. The lowest BCUT2D eigenvalue weighted by Gasteiger charge is -2.37. The van der Waals surface area contributed by atoms with Gasteiger partial charge >= 0.3 is 0 Å². The zero-order valence-corrected chi connectivity index (χ0v) is 23.9. The molecule has 1 amide bonds. The van der Waals surface area contributed by atoms with E-state index >= 15 is 0 Å². The lowest BCUT2D eigenvalue weighted by molar-refractivity contribution is -0.116. The van der Waals surface area contributed by atoms with Crippen LogP contribution in [0, 0.1) is 0 Å². The Morgan fingerprint density at radius 3 is 2.33 bits per heavy atom. The van der Waals surface area contributed by atoms with Crippen molar-refractivity contribution in [2.75, 3.05) is 33.4 Å². The van der Waals surface area contributed by atoms with Gasteiger partial charge < -0.3 is 34.3 Å². The number of allylic oxidation sites excluding steroid dienone is 3. The third kappa shape index (κ3) is 4.91. The molecule has 2 aliphatic heterocycles. The van der Waals surface area contributed by atoms with Crippen molar-refractivity contribution in [1.29, 1.82) is 0 Å². The molecule has 0 saturated heterocycles. The number of amides is 1. The summed E-state index contributed by atoms with van der Waals surface area (Å²) in [7, 11) is 4.78. The summed E-state index contributed by atoms with van der Waals surface area (Å²) in [6.07, 6.45) is 0.895. The van der Waals surface area contributed by atoms with Gasteiger partial charge in [0.1, 0.15) is 5.75 Å². The molecule has 0 radical (unpaired) electrons. The van der Waals surface area contributed by atoms with E-state index in [1.807, 2.05) is 43.3 Å². The molecule has 9 heteroatoms. The van der Waals surface area contributed by atoms with Gasteiger partial charge in [0.05, 0.1) is 21.3 Å². The number of ketones is 1. The van der Waals surface area contributed by atoms with Crippen LogP contribution in [0.15, 0.2) is 83.2 Å². The van der Waals surface area contributed by atoms with Crippen LogP contribution in [-0.2, 0) is 9.59 Å². The van der Waals surface area contributed by atoms with E-state index in [0.717, 1.165) is 16.8 Å². The van der Waals surface area contributed by atoms with Crippen LogP contribution in [-0.4, -0.2) is 39.8 Å². The molecule has 0 aromatic heterocycles. The zero-order chi connectivity index (χ0) is 29.4. The average molecular weight is 569 g/mol. The van der Waals surface area contributed by atoms with Crippen molar-refractivity contribution in [3.63, 3.8) is 0 Å². The molecule has 2 heterocycles. The minimum absolute atomic E-state index is 0.0200. The highest BCUT2D eigenvalue weighted by Crippen LogP contribution is 2.48. The van der Waals surface area contributed by atoms with Crippen LogP contribution < -0.4 is 34.3 Å². The van der Waals surface area contributed by atoms with E-state index < -0.39 is 5.92 Å². The highest BCUT2D eigenvalue weighted by molar-refractivity contribution is 6.10. The van der Waals surface area contributed by atoms with Crippen LogP contribution in [0.2, 0.25) is 0 Å². The summed E-state index contributed by atoms with van der Waals surface area (Å²) < 4.78 is 27.3. The van der Waals surface area contributed by atoms with Crippen LogP contribution in [0.25, 0.3) is 0 Å². The van der Waals surface area contributed by atoms with Crippen LogP contribution in [0.3, 0.4) is 0 Å². The van der Waals surface area contributed by atoms with Gasteiger partial charge in [-0.05, 0) is 78.9 Å². The van der Waals surface area contributed by atoms with Gasteiger partial charge in [-0.15, -0.1) is 0 Å². The Kier molecular flexibility index (Phi) is 7.24. The quantitative estimate of drug-likeness (QED) is 0.388. The van der Waals surface area contributed by atoms with Crippen molar-refractivity contribution < 1.29 is 33.3 Å². The fraction of sp³-hybridized carbons (Fsp3) is 0.273. The molecule has 9 nitrogen and oxygen atoms in total. The monoisotopic (exact) mass is 568 g/mol. The molecule has 0 bridgehead atoms. The molecule has 0 unspecified atom stereocenters. The molecular weight excluding hydrogens is 536 g/mol. The zero-order valence-electron chi connectivity index (χ0n) is 23.9. The molecule has 0 fully saturated rings. The second-order valence-electron chi connectivity index (χ2n) is 10.4. The third-order valence-electron chi connectivity index (χ3n) is 8.03. The van der Waals surface area contributed by atoms with E-state index in [9.17, 15) is 9.59 Å². The van der Waals surface area contributed by atoms with Crippen LogP contribution in [0.4, 0.5) is 5.69 Å². The van der Waals surface area contributed by atoms with Crippen LogP contribution >= 0.6 is 0 Å². The summed E-state index contributed by atoms with van der Waals surface area (Å²) in [6, 6.07) is 18.5.